The van der Waals surface area contributed by atoms with Gasteiger partial charge in [0.2, 0.25) is 0 Å². The van der Waals surface area contributed by atoms with Gasteiger partial charge >= 0.3 is 0 Å². The Morgan fingerprint density at radius 2 is 2.32 bits per heavy atom. The number of H-pyrrole nitrogens is 1. The Labute approximate surface area is 130 Å². The maximum Gasteiger partial charge on any atom is 0.274 e. The summed E-state index contributed by atoms with van der Waals surface area (Å²) in [6, 6.07) is 1.91. The SMILES string of the molecule is CCCn1ccc(C(=O)N2CCCC[C@@H]2c2[nH]ncc2C)n1. The fourth-order valence-electron chi connectivity index (χ4n) is 3.14. The van der Waals surface area contributed by atoms with E-state index in [-0.39, 0.29) is 11.9 Å². The highest BCUT2D eigenvalue weighted by Gasteiger charge is 2.31. The number of piperidine rings is 1. The molecule has 1 amide bonds. The van der Waals surface area contributed by atoms with Gasteiger partial charge in [0.05, 0.1) is 17.9 Å². The molecule has 6 nitrogen and oxygen atoms in total. The van der Waals surface area contributed by atoms with E-state index in [2.05, 4.69) is 22.2 Å². The second kappa shape index (κ2) is 6.34. The largest absolute Gasteiger partial charge is 0.329 e. The summed E-state index contributed by atoms with van der Waals surface area (Å²) in [6.07, 6.45) is 7.88. The number of hydrogen-bond donors (Lipinski definition) is 1. The van der Waals surface area contributed by atoms with Crippen molar-refractivity contribution in [1.82, 2.24) is 24.9 Å². The Balaban J connectivity index is 1.83. The van der Waals surface area contributed by atoms with E-state index in [4.69, 9.17) is 0 Å². The zero-order valence-electron chi connectivity index (χ0n) is 13.2. The van der Waals surface area contributed by atoms with E-state index in [1.807, 2.05) is 35.0 Å². The van der Waals surface area contributed by atoms with Gasteiger partial charge in [-0.05, 0) is 44.2 Å². The van der Waals surface area contributed by atoms with E-state index in [9.17, 15) is 4.79 Å². The maximum atomic E-state index is 12.9. The minimum Gasteiger partial charge on any atom is -0.329 e. The van der Waals surface area contributed by atoms with Gasteiger partial charge in [-0.15, -0.1) is 0 Å². The first kappa shape index (κ1) is 14.8. The van der Waals surface area contributed by atoms with Gasteiger partial charge in [0.1, 0.15) is 5.69 Å². The highest BCUT2D eigenvalue weighted by atomic mass is 16.2. The molecule has 1 N–H and O–H groups in total. The van der Waals surface area contributed by atoms with Gasteiger partial charge in [-0.25, -0.2) is 0 Å². The van der Waals surface area contributed by atoms with Gasteiger partial charge in [0.15, 0.2) is 0 Å². The fourth-order valence-corrected chi connectivity index (χ4v) is 3.14. The van der Waals surface area contributed by atoms with Crippen molar-refractivity contribution in [2.45, 2.75) is 52.1 Å². The van der Waals surface area contributed by atoms with Crippen LogP contribution in [0.5, 0.6) is 0 Å². The molecular formula is C16H23N5O. The molecule has 3 heterocycles. The molecule has 0 radical (unpaired) electrons. The summed E-state index contributed by atoms with van der Waals surface area (Å²) in [5.74, 6) is 0.0218. The average Bonchev–Trinajstić information content (AvgIpc) is 3.16. The topological polar surface area (TPSA) is 66.8 Å². The van der Waals surface area contributed by atoms with Gasteiger partial charge in [-0.1, -0.05) is 6.92 Å². The second-order valence-electron chi connectivity index (χ2n) is 5.94. The van der Waals surface area contributed by atoms with Crippen molar-refractivity contribution in [1.29, 1.82) is 0 Å². The predicted octanol–water partition coefficient (Wildman–Crippen LogP) is 2.69. The number of likely N-dealkylation sites (tertiary alicyclic amines) is 1. The second-order valence-corrected chi connectivity index (χ2v) is 5.94. The maximum absolute atomic E-state index is 12.9. The Bertz CT molecular complexity index is 645. The summed E-state index contributed by atoms with van der Waals surface area (Å²) in [5.41, 5.74) is 2.71. The zero-order chi connectivity index (χ0) is 15.5. The van der Waals surface area contributed by atoms with Crippen molar-refractivity contribution in [2.75, 3.05) is 6.54 Å². The monoisotopic (exact) mass is 301 g/mol. The Hall–Kier alpha value is -2.11. The van der Waals surface area contributed by atoms with E-state index in [1.165, 1.54) is 0 Å². The van der Waals surface area contributed by atoms with Gasteiger partial charge in [0.25, 0.3) is 5.91 Å². The average molecular weight is 301 g/mol. The minimum absolute atomic E-state index is 0.0218. The standard InChI is InChI=1S/C16H23N5O/c1-3-8-20-10-7-13(19-20)16(22)21-9-5-4-6-14(21)15-12(2)11-17-18-15/h7,10-11,14H,3-6,8-9H2,1-2H3,(H,17,18)/t14-/m1/s1. The molecule has 1 atom stereocenters. The van der Waals surface area contributed by atoms with Crippen molar-refractivity contribution in [3.8, 4) is 0 Å². The number of amides is 1. The third-order valence-corrected chi connectivity index (χ3v) is 4.28. The lowest BCUT2D eigenvalue weighted by Gasteiger charge is -2.35. The molecule has 1 aliphatic rings. The van der Waals surface area contributed by atoms with Gasteiger partial charge in [-0.2, -0.15) is 10.2 Å². The quantitative estimate of drug-likeness (QED) is 0.944. The minimum atomic E-state index is 0.0218. The van der Waals surface area contributed by atoms with Crippen LogP contribution in [-0.2, 0) is 6.54 Å². The zero-order valence-corrected chi connectivity index (χ0v) is 13.2. The van der Waals surface area contributed by atoms with Crippen LogP contribution in [0.2, 0.25) is 0 Å². The molecule has 22 heavy (non-hydrogen) atoms. The molecule has 2 aromatic heterocycles. The normalized spacial score (nSPS) is 18.6. The molecular weight excluding hydrogens is 278 g/mol. The third-order valence-electron chi connectivity index (χ3n) is 4.28. The van der Waals surface area contributed by atoms with Crippen LogP contribution in [0.1, 0.15) is 60.4 Å². The summed E-state index contributed by atoms with van der Waals surface area (Å²) >= 11 is 0. The highest BCUT2D eigenvalue weighted by molar-refractivity contribution is 5.92. The Morgan fingerprint density at radius 1 is 1.45 bits per heavy atom. The van der Waals surface area contributed by atoms with Gasteiger partial charge in [-0.3, -0.25) is 14.6 Å². The number of hydrogen-bond acceptors (Lipinski definition) is 3. The van der Waals surface area contributed by atoms with Crippen molar-refractivity contribution in [2.24, 2.45) is 0 Å². The van der Waals surface area contributed by atoms with Crippen molar-refractivity contribution < 1.29 is 4.79 Å². The lowest BCUT2D eigenvalue weighted by molar-refractivity contribution is 0.0598. The Kier molecular flexibility index (Phi) is 4.27. The molecule has 118 valence electrons. The van der Waals surface area contributed by atoms with Crippen molar-refractivity contribution in [3.63, 3.8) is 0 Å². The number of aryl methyl sites for hydroxylation is 2. The number of nitrogens with zero attached hydrogens (tertiary/aromatic N) is 4. The molecule has 2 aromatic rings. The number of nitrogens with one attached hydrogen (secondary N) is 1. The number of carbonyl (C=O) groups excluding carboxylic acids is 1. The van der Waals surface area contributed by atoms with Crippen LogP contribution in [0.15, 0.2) is 18.5 Å². The molecule has 6 heteroatoms. The number of aromatic amines is 1. The Morgan fingerprint density at radius 3 is 3.05 bits per heavy atom. The smallest absolute Gasteiger partial charge is 0.274 e. The van der Waals surface area contributed by atoms with Crippen LogP contribution in [0.4, 0.5) is 0 Å². The third kappa shape index (κ3) is 2.77. The van der Waals surface area contributed by atoms with Crippen LogP contribution in [0.25, 0.3) is 0 Å². The molecule has 1 aliphatic heterocycles. The van der Waals surface area contributed by atoms with E-state index in [1.54, 1.807) is 0 Å². The molecule has 1 fully saturated rings. The predicted molar refractivity (Wildman–Crippen MR) is 83.5 cm³/mol. The number of rotatable bonds is 4. The van der Waals surface area contributed by atoms with E-state index >= 15 is 0 Å². The summed E-state index contributed by atoms with van der Waals surface area (Å²) in [6.45, 7) is 5.76. The van der Waals surface area contributed by atoms with Crippen LogP contribution >= 0.6 is 0 Å². The summed E-state index contributed by atoms with van der Waals surface area (Å²) < 4.78 is 1.84. The molecule has 0 spiro atoms. The van der Waals surface area contributed by atoms with Crippen molar-refractivity contribution in [3.05, 3.63) is 35.4 Å². The van der Waals surface area contributed by atoms with Crippen LogP contribution in [0, 0.1) is 6.92 Å². The van der Waals surface area contributed by atoms with E-state index in [0.29, 0.717) is 5.69 Å². The lowest BCUT2D eigenvalue weighted by Crippen LogP contribution is -2.39. The molecule has 0 saturated carbocycles. The summed E-state index contributed by atoms with van der Waals surface area (Å²) in [7, 11) is 0. The number of carbonyl (C=O) groups is 1. The molecule has 0 bridgehead atoms. The van der Waals surface area contributed by atoms with Crippen LogP contribution < -0.4 is 0 Å². The first-order valence-electron chi connectivity index (χ1n) is 8.05. The molecule has 0 aromatic carbocycles. The van der Waals surface area contributed by atoms with Crippen molar-refractivity contribution >= 4 is 5.91 Å². The van der Waals surface area contributed by atoms with Crippen LogP contribution in [0.3, 0.4) is 0 Å². The van der Waals surface area contributed by atoms with Gasteiger partial charge < -0.3 is 4.90 Å². The first-order valence-corrected chi connectivity index (χ1v) is 8.05. The molecule has 0 unspecified atom stereocenters. The summed E-state index contributed by atoms with van der Waals surface area (Å²) in [4.78, 5) is 14.8. The van der Waals surface area contributed by atoms with Gasteiger partial charge in [0, 0.05) is 19.3 Å². The lowest BCUT2D eigenvalue weighted by atomic mass is 9.97. The first-order chi connectivity index (χ1) is 10.7. The molecule has 1 saturated heterocycles. The molecule has 3 rings (SSSR count). The van der Waals surface area contributed by atoms with E-state index < -0.39 is 0 Å². The number of aromatic nitrogens is 4. The highest BCUT2D eigenvalue weighted by Crippen LogP contribution is 2.32. The van der Waals surface area contributed by atoms with Crippen LogP contribution in [-0.4, -0.2) is 37.3 Å². The fraction of sp³-hybridized carbons (Fsp3) is 0.562. The molecule has 0 aliphatic carbocycles. The summed E-state index contributed by atoms with van der Waals surface area (Å²) in [5, 5.41) is 11.6. The van der Waals surface area contributed by atoms with E-state index in [0.717, 1.165) is 50.0 Å².